The molecule has 1 saturated heterocycles. The third kappa shape index (κ3) is 5.54. The standard InChI is InChI=1S/C27H32N2O6/c1-5-28(6-2)15-8-16-29-23(18-11-13-19(14-12-18)27(33)35-4)22(25(31)26(29)32)24(30)20-9-7-10-21(17-20)34-3/h7,9-14,17,23,30H,5-6,8,15-16H2,1-4H3/b24-22+/t23-/m0/s1. The minimum Gasteiger partial charge on any atom is -0.507 e. The molecule has 8 nitrogen and oxygen atoms in total. The fourth-order valence-electron chi connectivity index (χ4n) is 4.31. The van der Waals surface area contributed by atoms with Crippen molar-refractivity contribution in [3.05, 3.63) is 70.8 Å². The van der Waals surface area contributed by atoms with Crippen LogP contribution < -0.4 is 4.74 Å². The number of likely N-dealkylation sites (tertiary alicyclic amines) is 1. The fraction of sp³-hybridized carbons (Fsp3) is 0.370. The van der Waals surface area contributed by atoms with Gasteiger partial charge in [-0.2, -0.15) is 0 Å². The van der Waals surface area contributed by atoms with Gasteiger partial charge in [-0.05, 0) is 55.9 Å². The number of aliphatic hydroxyl groups excluding tert-OH is 1. The van der Waals surface area contributed by atoms with E-state index in [9.17, 15) is 19.5 Å². The summed E-state index contributed by atoms with van der Waals surface area (Å²) < 4.78 is 10.0. The molecule has 0 unspecified atom stereocenters. The van der Waals surface area contributed by atoms with Gasteiger partial charge in [0.2, 0.25) is 0 Å². The Labute approximate surface area is 205 Å². The van der Waals surface area contributed by atoms with E-state index in [2.05, 4.69) is 18.7 Å². The van der Waals surface area contributed by atoms with Crippen molar-refractivity contribution in [2.24, 2.45) is 0 Å². The van der Waals surface area contributed by atoms with Crippen LogP contribution in [0.1, 0.15) is 47.8 Å². The van der Waals surface area contributed by atoms with Crippen LogP contribution in [-0.4, -0.2) is 73.0 Å². The molecule has 2 aromatic carbocycles. The Morgan fingerprint density at radius 3 is 2.31 bits per heavy atom. The summed E-state index contributed by atoms with van der Waals surface area (Å²) in [6.45, 7) is 7.06. The zero-order valence-electron chi connectivity index (χ0n) is 20.6. The molecule has 0 radical (unpaired) electrons. The van der Waals surface area contributed by atoms with Crippen molar-refractivity contribution in [2.75, 3.05) is 40.4 Å². The molecule has 1 atom stereocenters. The number of carbonyl (C=O) groups is 3. The van der Waals surface area contributed by atoms with E-state index >= 15 is 0 Å². The van der Waals surface area contributed by atoms with Crippen LogP contribution >= 0.6 is 0 Å². The predicted octanol–water partition coefficient (Wildman–Crippen LogP) is 3.64. The number of amides is 1. The summed E-state index contributed by atoms with van der Waals surface area (Å²) in [6.07, 6.45) is 0.671. The monoisotopic (exact) mass is 480 g/mol. The van der Waals surface area contributed by atoms with Gasteiger partial charge < -0.3 is 24.4 Å². The summed E-state index contributed by atoms with van der Waals surface area (Å²) in [5.41, 5.74) is 1.35. The Balaban J connectivity index is 2.05. The quantitative estimate of drug-likeness (QED) is 0.240. The highest BCUT2D eigenvalue weighted by molar-refractivity contribution is 6.46. The number of carbonyl (C=O) groups excluding carboxylic acids is 3. The third-order valence-corrected chi connectivity index (χ3v) is 6.30. The van der Waals surface area contributed by atoms with Gasteiger partial charge in [0.1, 0.15) is 11.5 Å². The maximum absolute atomic E-state index is 13.2. The first-order valence-electron chi connectivity index (χ1n) is 11.7. The van der Waals surface area contributed by atoms with Crippen LogP contribution in [0.5, 0.6) is 5.75 Å². The number of benzene rings is 2. The normalized spacial score (nSPS) is 17.2. The van der Waals surface area contributed by atoms with Crippen LogP contribution in [0.15, 0.2) is 54.1 Å². The number of ether oxygens (including phenoxy) is 2. The lowest BCUT2D eigenvalue weighted by Crippen LogP contribution is -2.33. The summed E-state index contributed by atoms with van der Waals surface area (Å²) in [6, 6.07) is 12.4. The van der Waals surface area contributed by atoms with Gasteiger partial charge in [0, 0.05) is 12.1 Å². The first-order chi connectivity index (χ1) is 16.9. The molecule has 0 aliphatic carbocycles. The second kappa shape index (κ2) is 11.7. The van der Waals surface area contributed by atoms with E-state index in [1.54, 1.807) is 48.5 Å². The van der Waals surface area contributed by atoms with Crippen molar-refractivity contribution >= 4 is 23.4 Å². The maximum Gasteiger partial charge on any atom is 0.337 e. The third-order valence-electron chi connectivity index (χ3n) is 6.30. The van der Waals surface area contributed by atoms with Gasteiger partial charge in [0.15, 0.2) is 0 Å². The predicted molar refractivity (Wildman–Crippen MR) is 132 cm³/mol. The van der Waals surface area contributed by atoms with Gasteiger partial charge in [-0.25, -0.2) is 4.79 Å². The van der Waals surface area contributed by atoms with E-state index in [-0.39, 0.29) is 11.3 Å². The number of methoxy groups -OCH3 is 2. The van der Waals surface area contributed by atoms with Gasteiger partial charge in [-0.15, -0.1) is 0 Å². The SMILES string of the molecule is CCN(CC)CCCN1C(=O)C(=O)/C(=C(/O)c2cccc(OC)c2)[C@@H]1c1ccc(C(=O)OC)cc1. The van der Waals surface area contributed by atoms with E-state index in [0.717, 1.165) is 19.6 Å². The second-order valence-corrected chi connectivity index (χ2v) is 8.22. The van der Waals surface area contributed by atoms with Crippen LogP contribution in [0.4, 0.5) is 0 Å². The zero-order chi connectivity index (χ0) is 25.5. The highest BCUT2D eigenvalue weighted by Gasteiger charge is 2.45. The summed E-state index contributed by atoms with van der Waals surface area (Å²) in [4.78, 5) is 41.9. The van der Waals surface area contributed by atoms with Crippen molar-refractivity contribution < 1.29 is 29.0 Å². The Morgan fingerprint density at radius 2 is 1.71 bits per heavy atom. The molecule has 1 fully saturated rings. The van der Waals surface area contributed by atoms with Gasteiger partial charge in [-0.3, -0.25) is 9.59 Å². The number of aliphatic hydroxyl groups is 1. The average Bonchev–Trinajstić information content (AvgIpc) is 3.15. The highest BCUT2D eigenvalue weighted by Crippen LogP contribution is 2.40. The summed E-state index contributed by atoms with van der Waals surface area (Å²) in [7, 11) is 2.81. The molecular formula is C27H32N2O6. The van der Waals surface area contributed by atoms with Gasteiger partial charge in [0.25, 0.3) is 11.7 Å². The van der Waals surface area contributed by atoms with E-state index in [1.165, 1.54) is 19.1 Å². The van der Waals surface area contributed by atoms with Crippen LogP contribution in [-0.2, 0) is 14.3 Å². The number of Topliss-reactive ketones (excluding diaryl/α,β-unsaturated/α-hetero) is 1. The average molecular weight is 481 g/mol. The summed E-state index contributed by atoms with van der Waals surface area (Å²) in [5.74, 6) is -1.63. The fourth-order valence-corrected chi connectivity index (χ4v) is 4.31. The second-order valence-electron chi connectivity index (χ2n) is 8.22. The molecule has 1 aliphatic heterocycles. The lowest BCUT2D eigenvalue weighted by atomic mass is 9.94. The van der Waals surface area contributed by atoms with E-state index in [0.29, 0.717) is 35.4 Å². The minimum absolute atomic E-state index is 0.0110. The largest absolute Gasteiger partial charge is 0.507 e. The van der Waals surface area contributed by atoms with Crippen LogP contribution in [0.2, 0.25) is 0 Å². The number of nitrogens with zero attached hydrogens (tertiary/aromatic N) is 2. The van der Waals surface area contributed by atoms with Crippen LogP contribution in [0.25, 0.3) is 5.76 Å². The number of ketones is 1. The molecule has 186 valence electrons. The molecule has 3 rings (SSSR count). The van der Waals surface area contributed by atoms with Crippen molar-refractivity contribution in [1.82, 2.24) is 9.80 Å². The van der Waals surface area contributed by atoms with Gasteiger partial charge in [0.05, 0.1) is 31.4 Å². The van der Waals surface area contributed by atoms with Gasteiger partial charge in [-0.1, -0.05) is 38.1 Å². The van der Waals surface area contributed by atoms with Crippen molar-refractivity contribution in [3.8, 4) is 5.75 Å². The molecule has 0 bridgehead atoms. The van der Waals surface area contributed by atoms with E-state index < -0.39 is 23.7 Å². The molecule has 0 spiro atoms. The molecule has 1 N–H and O–H groups in total. The molecule has 8 heteroatoms. The van der Waals surface area contributed by atoms with Crippen molar-refractivity contribution in [2.45, 2.75) is 26.3 Å². The zero-order valence-corrected chi connectivity index (χ0v) is 20.6. The van der Waals surface area contributed by atoms with E-state index in [1.807, 2.05) is 0 Å². The molecule has 1 amide bonds. The number of rotatable bonds is 10. The molecule has 1 heterocycles. The number of hydrogen-bond acceptors (Lipinski definition) is 7. The maximum atomic E-state index is 13.2. The molecular weight excluding hydrogens is 448 g/mol. The Kier molecular flexibility index (Phi) is 8.65. The lowest BCUT2D eigenvalue weighted by Gasteiger charge is -2.27. The Bertz CT molecular complexity index is 1100. The molecule has 0 saturated carbocycles. The van der Waals surface area contributed by atoms with Crippen molar-refractivity contribution in [1.29, 1.82) is 0 Å². The first kappa shape index (κ1) is 26.0. The van der Waals surface area contributed by atoms with E-state index in [4.69, 9.17) is 9.47 Å². The van der Waals surface area contributed by atoms with Crippen LogP contribution in [0, 0.1) is 0 Å². The molecule has 2 aromatic rings. The lowest BCUT2D eigenvalue weighted by molar-refractivity contribution is -0.140. The minimum atomic E-state index is -0.787. The summed E-state index contributed by atoms with van der Waals surface area (Å²) >= 11 is 0. The van der Waals surface area contributed by atoms with Crippen LogP contribution in [0.3, 0.4) is 0 Å². The molecule has 1 aliphatic rings. The number of esters is 1. The van der Waals surface area contributed by atoms with Crippen molar-refractivity contribution in [3.63, 3.8) is 0 Å². The summed E-state index contributed by atoms with van der Waals surface area (Å²) in [5, 5.41) is 11.2. The topological polar surface area (TPSA) is 96.4 Å². The highest BCUT2D eigenvalue weighted by atomic mass is 16.5. The van der Waals surface area contributed by atoms with Gasteiger partial charge >= 0.3 is 5.97 Å². The first-order valence-corrected chi connectivity index (χ1v) is 11.7. The number of hydrogen-bond donors (Lipinski definition) is 1. The Morgan fingerprint density at radius 1 is 1.03 bits per heavy atom. The molecule has 35 heavy (non-hydrogen) atoms. The smallest absolute Gasteiger partial charge is 0.337 e. The molecule has 0 aromatic heterocycles. The Hall–Kier alpha value is -3.65.